The highest BCUT2D eigenvalue weighted by molar-refractivity contribution is 7.89. The predicted octanol–water partition coefficient (Wildman–Crippen LogP) is 0.552. The second kappa shape index (κ2) is 3.33. The van der Waals surface area contributed by atoms with Gasteiger partial charge >= 0.3 is 0 Å². The minimum atomic E-state index is -3.32. The van der Waals surface area contributed by atoms with Crippen molar-refractivity contribution in [2.24, 2.45) is 5.92 Å². The van der Waals surface area contributed by atoms with Crippen LogP contribution in [0.2, 0.25) is 0 Å². The number of fused-ring (bicyclic) bond motifs is 1. The number of nitrogens with one attached hydrogen (secondary N) is 1. The maximum Gasteiger partial charge on any atom is 0.242 e. The van der Waals surface area contributed by atoms with Gasteiger partial charge in [0.2, 0.25) is 10.0 Å². The first kappa shape index (κ1) is 9.61. The maximum atomic E-state index is 11.7. The average molecular weight is 212 g/mol. The first-order valence-corrected chi connectivity index (χ1v) is 6.01. The molecule has 0 amide bonds. The van der Waals surface area contributed by atoms with E-state index >= 15 is 0 Å². The Balaban J connectivity index is 2.58. The fourth-order valence-corrected chi connectivity index (χ4v) is 2.92. The molecule has 1 N–H and O–H groups in total. The number of hydrogen-bond acceptors (Lipinski definition) is 3. The quantitative estimate of drug-likeness (QED) is 0.683. The van der Waals surface area contributed by atoms with Crippen molar-refractivity contribution < 1.29 is 8.42 Å². The number of aromatic nitrogens is 1. The predicted molar refractivity (Wildman–Crippen MR) is 52.3 cm³/mol. The Morgan fingerprint density at radius 2 is 2.36 bits per heavy atom. The van der Waals surface area contributed by atoms with Gasteiger partial charge in [-0.05, 0) is 24.5 Å². The molecular formula is C9H12N2O2S. The lowest BCUT2D eigenvalue weighted by Gasteiger charge is -2.04. The fraction of sp³-hybridized carbons (Fsp3) is 0.444. The van der Waals surface area contributed by atoms with Crippen LogP contribution < -0.4 is 4.72 Å². The van der Waals surface area contributed by atoms with Crippen LogP contribution in [-0.2, 0) is 16.4 Å². The highest BCUT2D eigenvalue weighted by atomic mass is 32.2. The topological polar surface area (TPSA) is 59.1 Å². The molecular weight excluding hydrogens is 200 g/mol. The smallest absolute Gasteiger partial charge is 0.242 e. The summed E-state index contributed by atoms with van der Waals surface area (Å²) in [4.78, 5) is 4.43. The fourth-order valence-electron chi connectivity index (χ4n) is 1.55. The van der Waals surface area contributed by atoms with Crippen molar-refractivity contribution in [2.45, 2.75) is 18.2 Å². The zero-order chi connectivity index (χ0) is 10.2. The van der Waals surface area contributed by atoms with E-state index in [4.69, 9.17) is 0 Å². The molecule has 0 radical (unpaired) electrons. The van der Waals surface area contributed by atoms with E-state index < -0.39 is 10.0 Å². The molecule has 0 aromatic carbocycles. The molecule has 0 saturated heterocycles. The van der Waals surface area contributed by atoms with Gasteiger partial charge in [-0.2, -0.15) is 0 Å². The van der Waals surface area contributed by atoms with Gasteiger partial charge in [-0.15, -0.1) is 0 Å². The molecule has 1 aromatic rings. The Kier molecular flexibility index (Phi) is 2.28. The summed E-state index contributed by atoms with van der Waals surface area (Å²) in [6.07, 6.45) is 2.34. The second-order valence-electron chi connectivity index (χ2n) is 3.61. The molecule has 1 aliphatic rings. The van der Waals surface area contributed by atoms with Crippen LogP contribution in [0.3, 0.4) is 0 Å². The van der Waals surface area contributed by atoms with E-state index in [2.05, 4.69) is 9.71 Å². The first-order chi connectivity index (χ1) is 6.59. The molecule has 4 nitrogen and oxygen atoms in total. The maximum absolute atomic E-state index is 11.7. The van der Waals surface area contributed by atoms with Crippen LogP contribution in [-0.4, -0.2) is 19.9 Å². The molecule has 0 fully saturated rings. The van der Waals surface area contributed by atoms with Crippen LogP contribution >= 0.6 is 0 Å². The van der Waals surface area contributed by atoms with E-state index in [0.29, 0.717) is 29.5 Å². The van der Waals surface area contributed by atoms with Crippen LogP contribution in [0.5, 0.6) is 0 Å². The van der Waals surface area contributed by atoms with Gasteiger partial charge in [-0.25, -0.2) is 13.1 Å². The van der Waals surface area contributed by atoms with E-state index in [-0.39, 0.29) is 0 Å². The minimum absolute atomic E-state index is 0.293. The number of rotatable bonds is 0. The van der Waals surface area contributed by atoms with Gasteiger partial charge < -0.3 is 0 Å². The van der Waals surface area contributed by atoms with Gasteiger partial charge in [0.1, 0.15) is 4.90 Å². The van der Waals surface area contributed by atoms with E-state index in [9.17, 15) is 8.42 Å². The van der Waals surface area contributed by atoms with Crippen LogP contribution in [0.25, 0.3) is 0 Å². The second-order valence-corrected chi connectivity index (χ2v) is 5.34. The van der Waals surface area contributed by atoms with Crippen LogP contribution in [0, 0.1) is 5.92 Å². The van der Waals surface area contributed by atoms with Gasteiger partial charge in [0.25, 0.3) is 0 Å². The molecule has 14 heavy (non-hydrogen) atoms. The minimum Gasteiger partial charge on any atom is -0.260 e. The van der Waals surface area contributed by atoms with Crippen molar-refractivity contribution in [1.82, 2.24) is 9.71 Å². The number of pyridine rings is 1. The Labute approximate surface area is 83.4 Å². The molecule has 0 spiro atoms. The van der Waals surface area contributed by atoms with Crippen molar-refractivity contribution in [1.29, 1.82) is 0 Å². The normalized spacial score (nSPS) is 25.1. The number of sulfonamides is 1. The zero-order valence-corrected chi connectivity index (χ0v) is 8.71. The van der Waals surface area contributed by atoms with Gasteiger partial charge in [0.15, 0.2) is 0 Å². The lowest BCUT2D eigenvalue weighted by Crippen LogP contribution is -2.26. The number of nitrogens with zero attached hydrogens (tertiary/aromatic N) is 1. The molecule has 1 atom stereocenters. The van der Waals surface area contributed by atoms with Crippen LogP contribution in [0.15, 0.2) is 23.2 Å². The average Bonchev–Trinajstić information content (AvgIpc) is 2.25. The van der Waals surface area contributed by atoms with Crippen molar-refractivity contribution in [2.75, 3.05) is 6.54 Å². The molecule has 5 heteroatoms. The van der Waals surface area contributed by atoms with Crippen LogP contribution in [0.4, 0.5) is 0 Å². The van der Waals surface area contributed by atoms with Gasteiger partial charge in [-0.3, -0.25) is 4.98 Å². The standard InChI is InChI=1S/C9H12N2O2S/c1-7-5-8-9(3-2-4-10-8)14(12,13)11-6-7/h2-4,7,11H,5-6H2,1H3. The summed E-state index contributed by atoms with van der Waals surface area (Å²) in [5.41, 5.74) is 0.671. The summed E-state index contributed by atoms with van der Waals surface area (Å²) in [6.45, 7) is 2.49. The third-order valence-corrected chi connectivity index (χ3v) is 3.80. The molecule has 0 aliphatic carbocycles. The zero-order valence-electron chi connectivity index (χ0n) is 7.90. The van der Waals surface area contributed by atoms with Crippen molar-refractivity contribution in [3.8, 4) is 0 Å². The van der Waals surface area contributed by atoms with Gasteiger partial charge in [-0.1, -0.05) is 6.92 Å². The Morgan fingerprint density at radius 3 is 3.14 bits per heavy atom. The molecule has 1 unspecified atom stereocenters. The summed E-state index contributed by atoms with van der Waals surface area (Å²) in [6, 6.07) is 3.25. The summed E-state index contributed by atoms with van der Waals surface area (Å²) < 4.78 is 25.9. The molecule has 1 aliphatic heterocycles. The number of hydrogen-bond donors (Lipinski definition) is 1. The monoisotopic (exact) mass is 212 g/mol. The highest BCUT2D eigenvalue weighted by Gasteiger charge is 2.24. The molecule has 2 heterocycles. The largest absolute Gasteiger partial charge is 0.260 e. The van der Waals surface area contributed by atoms with E-state index in [0.717, 1.165) is 0 Å². The van der Waals surface area contributed by atoms with Gasteiger partial charge in [0, 0.05) is 12.7 Å². The van der Waals surface area contributed by atoms with E-state index in [1.807, 2.05) is 6.92 Å². The van der Waals surface area contributed by atoms with E-state index in [1.54, 1.807) is 18.3 Å². The summed E-state index contributed by atoms with van der Waals surface area (Å²) >= 11 is 0. The highest BCUT2D eigenvalue weighted by Crippen LogP contribution is 2.19. The van der Waals surface area contributed by atoms with Crippen LogP contribution in [0.1, 0.15) is 12.6 Å². The molecule has 0 saturated carbocycles. The lowest BCUT2D eigenvalue weighted by atomic mass is 10.1. The third kappa shape index (κ3) is 1.65. The SMILES string of the molecule is CC1CNS(=O)(=O)c2cccnc2C1. The lowest BCUT2D eigenvalue weighted by molar-refractivity contribution is 0.549. The molecule has 76 valence electrons. The van der Waals surface area contributed by atoms with Crippen molar-refractivity contribution in [3.05, 3.63) is 24.0 Å². The molecule has 0 bridgehead atoms. The van der Waals surface area contributed by atoms with Crippen molar-refractivity contribution in [3.63, 3.8) is 0 Å². The summed E-state index contributed by atoms with van der Waals surface area (Å²) in [5.74, 6) is 0.293. The summed E-state index contributed by atoms with van der Waals surface area (Å²) in [7, 11) is -3.32. The molecule has 1 aromatic heterocycles. The van der Waals surface area contributed by atoms with Gasteiger partial charge in [0.05, 0.1) is 5.69 Å². The van der Waals surface area contributed by atoms with Crippen molar-refractivity contribution >= 4 is 10.0 Å². The molecule has 2 rings (SSSR count). The van der Waals surface area contributed by atoms with E-state index in [1.165, 1.54) is 0 Å². The Hall–Kier alpha value is -0.940. The first-order valence-electron chi connectivity index (χ1n) is 4.53. The Bertz CT molecular complexity index is 442. The Morgan fingerprint density at radius 1 is 1.57 bits per heavy atom. The summed E-state index contributed by atoms with van der Waals surface area (Å²) in [5, 5.41) is 0. The third-order valence-electron chi connectivity index (χ3n) is 2.30.